The van der Waals surface area contributed by atoms with Crippen molar-refractivity contribution in [2.75, 3.05) is 0 Å². The molecule has 23 heavy (non-hydrogen) atoms. The van der Waals surface area contributed by atoms with E-state index >= 15 is 0 Å². The number of fused-ring (bicyclic) bond motifs is 2. The number of rotatable bonds is 2. The van der Waals surface area contributed by atoms with Crippen molar-refractivity contribution in [1.82, 2.24) is 0 Å². The van der Waals surface area contributed by atoms with Crippen molar-refractivity contribution in [1.29, 1.82) is 0 Å². The molecule has 0 spiro atoms. The van der Waals surface area contributed by atoms with Crippen LogP contribution in [0.15, 0.2) is 77.3 Å². The lowest BCUT2D eigenvalue weighted by Gasteiger charge is -2.17. The minimum absolute atomic E-state index is 0.829. The van der Waals surface area contributed by atoms with Crippen molar-refractivity contribution >= 4 is 39.3 Å². The number of halogens is 1. The molecule has 0 saturated carbocycles. The number of aryl methyl sites for hydroxylation is 1. The summed E-state index contributed by atoms with van der Waals surface area (Å²) in [5, 5.41) is 3.20. The second kappa shape index (κ2) is 6.02. The van der Waals surface area contributed by atoms with E-state index in [1.165, 1.54) is 16.3 Å². The molecule has 0 amide bonds. The predicted molar refractivity (Wildman–Crippen MR) is 99.6 cm³/mol. The largest absolute Gasteiger partial charge is 0.256 e. The zero-order valence-corrected chi connectivity index (χ0v) is 13.4. The quantitative estimate of drug-likeness (QED) is 0.503. The first-order chi connectivity index (χ1) is 11.3. The summed E-state index contributed by atoms with van der Waals surface area (Å²) >= 11 is 6.59. The Balaban J connectivity index is 1.74. The summed E-state index contributed by atoms with van der Waals surface area (Å²) in [5.74, 6) is 0. The van der Waals surface area contributed by atoms with Crippen molar-refractivity contribution in [3.8, 4) is 0 Å². The van der Waals surface area contributed by atoms with E-state index in [-0.39, 0.29) is 0 Å². The first-order valence-electron chi connectivity index (χ1n) is 7.82. The molecule has 0 N–H and O–H groups in total. The van der Waals surface area contributed by atoms with Crippen molar-refractivity contribution in [3.63, 3.8) is 0 Å². The van der Waals surface area contributed by atoms with Gasteiger partial charge < -0.3 is 0 Å². The van der Waals surface area contributed by atoms with Gasteiger partial charge in [0.05, 0.1) is 10.7 Å². The zero-order valence-electron chi connectivity index (χ0n) is 12.7. The third-order valence-electron chi connectivity index (χ3n) is 4.33. The van der Waals surface area contributed by atoms with Gasteiger partial charge in [0.2, 0.25) is 0 Å². The summed E-state index contributed by atoms with van der Waals surface area (Å²) in [6, 6.07) is 22.8. The Labute approximate surface area is 140 Å². The van der Waals surface area contributed by atoms with Gasteiger partial charge in [0, 0.05) is 11.6 Å². The fourth-order valence-corrected chi connectivity index (χ4v) is 3.42. The molecule has 0 unspecified atom stereocenters. The molecule has 0 radical (unpaired) electrons. The van der Waals surface area contributed by atoms with E-state index in [1.807, 2.05) is 36.5 Å². The fraction of sp³-hybridized carbons (Fsp3) is 0.0952. The highest BCUT2D eigenvalue weighted by Crippen LogP contribution is 2.34. The zero-order chi connectivity index (χ0) is 15.6. The molecule has 4 rings (SSSR count). The lowest BCUT2D eigenvalue weighted by Crippen LogP contribution is -2.03. The maximum atomic E-state index is 6.59. The van der Waals surface area contributed by atoms with Gasteiger partial charge in [-0.25, -0.2) is 0 Å². The highest BCUT2D eigenvalue weighted by molar-refractivity contribution is 6.51. The molecular weight excluding hydrogens is 302 g/mol. The molecule has 0 heterocycles. The topological polar surface area (TPSA) is 12.4 Å². The van der Waals surface area contributed by atoms with Gasteiger partial charge in [-0.1, -0.05) is 72.3 Å². The molecular formula is C21H16ClN. The number of hydrogen-bond donors (Lipinski definition) is 0. The molecule has 0 atom stereocenters. The second-order valence-electron chi connectivity index (χ2n) is 5.75. The Morgan fingerprint density at radius 2 is 1.61 bits per heavy atom. The highest BCUT2D eigenvalue weighted by atomic mass is 35.5. The van der Waals surface area contributed by atoms with Gasteiger partial charge in [-0.05, 0) is 41.0 Å². The average molecular weight is 318 g/mol. The van der Waals surface area contributed by atoms with Gasteiger partial charge in [-0.2, -0.15) is 0 Å². The Morgan fingerprint density at radius 3 is 2.57 bits per heavy atom. The number of benzene rings is 3. The monoisotopic (exact) mass is 317 g/mol. The lowest BCUT2D eigenvalue weighted by atomic mass is 9.92. The van der Waals surface area contributed by atoms with Crippen LogP contribution in [0.2, 0.25) is 0 Å². The van der Waals surface area contributed by atoms with Gasteiger partial charge in [-0.3, -0.25) is 4.99 Å². The van der Waals surface area contributed by atoms with Crippen LogP contribution >= 0.6 is 11.6 Å². The maximum Gasteiger partial charge on any atom is 0.0708 e. The second-order valence-corrected chi connectivity index (χ2v) is 6.13. The normalized spacial score (nSPS) is 14.5. The van der Waals surface area contributed by atoms with Crippen LogP contribution in [-0.4, -0.2) is 6.21 Å². The number of hydrogen-bond acceptors (Lipinski definition) is 1. The van der Waals surface area contributed by atoms with Crippen LogP contribution in [0.4, 0.5) is 5.69 Å². The number of allylic oxidation sites excluding steroid dienone is 1. The average Bonchev–Trinajstić information content (AvgIpc) is 2.61. The molecule has 1 nitrogen and oxygen atoms in total. The molecule has 0 aromatic heterocycles. The first-order valence-corrected chi connectivity index (χ1v) is 8.19. The number of aliphatic imine (C=N–C) groups is 1. The van der Waals surface area contributed by atoms with Crippen LogP contribution in [0, 0.1) is 0 Å². The Hall–Kier alpha value is -2.38. The summed E-state index contributed by atoms with van der Waals surface area (Å²) in [7, 11) is 0. The summed E-state index contributed by atoms with van der Waals surface area (Å²) in [6.45, 7) is 0. The van der Waals surface area contributed by atoms with Crippen molar-refractivity contribution in [2.24, 2.45) is 4.99 Å². The smallest absolute Gasteiger partial charge is 0.0708 e. The van der Waals surface area contributed by atoms with Crippen LogP contribution in [0.25, 0.3) is 15.8 Å². The van der Waals surface area contributed by atoms with Crippen molar-refractivity contribution < 1.29 is 0 Å². The molecule has 1 aliphatic carbocycles. The van der Waals surface area contributed by atoms with Gasteiger partial charge >= 0.3 is 0 Å². The lowest BCUT2D eigenvalue weighted by molar-refractivity contribution is 0.961. The summed E-state index contributed by atoms with van der Waals surface area (Å²) < 4.78 is 0. The van der Waals surface area contributed by atoms with Crippen LogP contribution in [-0.2, 0) is 6.42 Å². The van der Waals surface area contributed by atoms with Crippen LogP contribution in [0.3, 0.4) is 0 Å². The Kier molecular flexibility index (Phi) is 3.72. The van der Waals surface area contributed by atoms with Gasteiger partial charge in [0.25, 0.3) is 0 Å². The summed E-state index contributed by atoms with van der Waals surface area (Å²) in [4.78, 5) is 4.71. The molecule has 0 bridgehead atoms. The molecule has 0 saturated heterocycles. The van der Waals surface area contributed by atoms with Gasteiger partial charge in [-0.15, -0.1) is 0 Å². The number of nitrogens with zero attached hydrogens (tertiary/aromatic N) is 1. The predicted octanol–water partition coefficient (Wildman–Crippen LogP) is 6.14. The van der Waals surface area contributed by atoms with Crippen molar-refractivity contribution in [2.45, 2.75) is 12.8 Å². The third kappa shape index (κ3) is 2.69. The van der Waals surface area contributed by atoms with E-state index in [1.54, 1.807) is 0 Å². The molecule has 3 aromatic rings. The van der Waals surface area contributed by atoms with E-state index in [0.29, 0.717) is 0 Å². The standard InChI is InChI=1S/C21H16ClN/c22-21-17(13-12-16-7-2-4-10-19(16)21)14-23-20-11-5-8-15-6-1-3-9-18(15)20/h1-11,14H,12-13H2. The SMILES string of the molecule is ClC1=C(C=Nc2cccc3ccccc23)CCc2ccccc21. The van der Waals surface area contributed by atoms with E-state index < -0.39 is 0 Å². The fourth-order valence-electron chi connectivity index (χ4n) is 3.09. The van der Waals surface area contributed by atoms with E-state index in [9.17, 15) is 0 Å². The van der Waals surface area contributed by atoms with Crippen LogP contribution in [0.5, 0.6) is 0 Å². The molecule has 0 fully saturated rings. The minimum atomic E-state index is 0.829. The summed E-state index contributed by atoms with van der Waals surface area (Å²) in [6.07, 6.45) is 3.88. The van der Waals surface area contributed by atoms with E-state index in [0.717, 1.165) is 34.7 Å². The van der Waals surface area contributed by atoms with E-state index in [4.69, 9.17) is 16.6 Å². The first kappa shape index (κ1) is 14.2. The molecule has 1 aliphatic rings. The Bertz CT molecular complexity index is 932. The molecule has 2 heteroatoms. The molecule has 3 aromatic carbocycles. The maximum absolute atomic E-state index is 6.59. The highest BCUT2D eigenvalue weighted by Gasteiger charge is 2.15. The van der Waals surface area contributed by atoms with Gasteiger partial charge in [0.1, 0.15) is 0 Å². The Morgan fingerprint density at radius 1 is 0.826 bits per heavy atom. The van der Waals surface area contributed by atoms with Crippen LogP contribution in [0.1, 0.15) is 17.5 Å². The molecule has 0 aliphatic heterocycles. The van der Waals surface area contributed by atoms with Crippen molar-refractivity contribution in [3.05, 3.63) is 83.4 Å². The van der Waals surface area contributed by atoms with Crippen LogP contribution < -0.4 is 0 Å². The summed E-state index contributed by atoms with van der Waals surface area (Å²) in [5.41, 5.74) is 4.55. The van der Waals surface area contributed by atoms with E-state index in [2.05, 4.69) is 36.4 Å². The third-order valence-corrected chi connectivity index (χ3v) is 4.77. The van der Waals surface area contributed by atoms with Gasteiger partial charge in [0.15, 0.2) is 0 Å². The minimum Gasteiger partial charge on any atom is -0.256 e. The molecule has 112 valence electrons.